The van der Waals surface area contributed by atoms with Crippen LogP contribution in [-0.2, 0) is 13.0 Å². The van der Waals surface area contributed by atoms with E-state index in [-0.39, 0.29) is 0 Å². The Bertz CT molecular complexity index is 535. The first-order valence-electron chi connectivity index (χ1n) is 5.39. The van der Waals surface area contributed by atoms with E-state index in [4.69, 9.17) is 28.9 Å². The average molecular weight is 270 g/mol. The van der Waals surface area contributed by atoms with Gasteiger partial charge >= 0.3 is 0 Å². The minimum atomic E-state index is 0.474. The molecule has 0 aliphatic rings. The van der Waals surface area contributed by atoms with E-state index in [0.717, 1.165) is 23.4 Å². The second-order valence-electron chi connectivity index (χ2n) is 3.66. The Morgan fingerprint density at radius 2 is 2.12 bits per heavy atom. The van der Waals surface area contributed by atoms with Gasteiger partial charge in [0, 0.05) is 17.8 Å². The average Bonchev–Trinajstić information content (AvgIpc) is 2.75. The summed E-state index contributed by atoms with van der Waals surface area (Å²) < 4.78 is 1.80. The molecule has 0 aliphatic heterocycles. The van der Waals surface area contributed by atoms with Gasteiger partial charge in [0.25, 0.3) is 0 Å². The maximum Gasteiger partial charge on any atom is 0.0850 e. The lowest BCUT2D eigenvalue weighted by Crippen LogP contribution is -2.05. The minimum absolute atomic E-state index is 0.474. The number of benzene rings is 1. The van der Waals surface area contributed by atoms with Gasteiger partial charge in [-0.1, -0.05) is 36.2 Å². The van der Waals surface area contributed by atoms with Crippen molar-refractivity contribution in [2.24, 2.45) is 5.73 Å². The summed E-state index contributed by atoms with van der Waals surface area (Å²) in [6.45, 7) is 2.53. The van der Waals surface area contributed by atoms with Crippen LogP contribution in [0.1, 0.15) is 18.2 Å². The maximum atomic E-state index is 6.19. The summed E-state index contributed by atoms with van der Waals surface area (Å²) in [7, 11) is 0. The number of halogens is 2. The lowest BCUT2D eigenvalue weighted by Gasteiger charge is -2.10. The lowest BCUT2D eigenvalue weighted by atomic mass is 10.2. The van der Waals surface area contributed by atoms with E-state index in [1.807, 2.05) is 12.1 Å². The van der Waals surface area contributed by atoms with Gasteiger partial charge in [-0.3, -0.25) is 0 Å². The van der Waals surface area contributed by atoms with E-state index >= 15 is 0 Å². The summed E-state index contributed by atoms with van der Waals surface area (Å²) in [6.07, 6.45) is 2.62. The Balaban J connectivity index is 2.60. The van der Waals surface area contributed by atoms with Crippen LogP contribution in [0.15, 0.2) is 24.4 Å². The molecule has 90 valence electrons. The van der Waals surface area contributed by atoms with E-state index < -0.39 is 0 Å². The van der Waals surface area contributed by atoms with Gasteiger partial charge in [0.15, 0.2) is 0 Å². The number of hydrogen-bond donors (Lipinski definition) is 1. The summed E-state index contributed by atoms with van der Waals surface area (Å²) in [5.41, 5.74) is 8.56. The SMILES string of the molecule is CCc1c(CN)cnn1-c1cccc(Cl)c1Cl. The molecule has 0 fully saturated rings. The highest BCUT2D eigenvalue weighted by Crippen LogP contribution is 2.29. The van der Waals surface area contributed by atoms with Crippen molar-refractivity contribution in [2.75, 3.05) is 0 Å². The Morgan fingerprint density at radius 1 is 1.35 bits per heavy atom. The fourth-order valence-electron chi connectivity index (χ4n) is 1.82. The molecule has 17 heavy (non-hydrogen) atoms. The molecule has 2 N–H and O–H groups in total. The zero-order valence-corrected chi connectivity index (χ0v) is 11.0. The van der Waals surface area contributed by atoms with Gasteiger partial charge in [-0.15, -0.1) is 0 Å². The Kier molecular flexibility index (Phi) is 3.72. The predicted molar refractivity (Wildman–Crippen MR) is 70.9 cm³/mol. The minimum Gasteiger partial charge on any atom is -0.326 e. The summed E-state index contributed by atoms with van der Waals surface area (Å²) >= 11 is 12.2. The van der Waals surface area contributed by atoms with Gasteiger partial charge in [0.05, 0.1) is 21.9 Å². The van der Waals surface area contributed by atoms with Gasteiger partial charge in [-0.25, -0.2) is 4.68 Å². The molecule has 1 aromatic carbocycles. The van der Waals surface area contributed by atoms with Crippen molar-refractivity contribution in [3.8, 4) is 5.69 Å². The molecule has 3 nitrogen and oxygen atoms in total. The number of nitrogens with two attached hydrogens (primary N) is 1. The molecule has 0 saturated carbocycles. The van der Waals surface area contributed by atoms with Crippen LogP contribution in [-0.4, -0.2) is 9.78 Å². The largest absolute Gasteiger partial charge is 0.326 e. The number of nitrogens with zero attached hydrogens (tertiary/aromatic N) is 2. The quantitative estimate of drug-likeness (QED) is 0.930. The van der Waals surface area contributed by atoms with Crippen LogP contribution in [0.3, 0.4) is 0 Å². The topological polar surface area (TPSA) is 43.8 Å². The van der Waals surface area contributed by atoms with Gasteiger partial charge in [0.1, 0.15) is 0 Å². The van der Waals surface area contributed by atoms with E-state index in [2.05, 4.69) is 12.0 Å². The van der Waals surface area contributed by atoms with Gasteiger partial charge in [0.2, 0.25) is 0 Å². The molecule has 0 aliphatic carbocycles. The van der Waals surface area contributed by atoms with Crippen LogP contribution in [0.4, 0.5) is 0 Å². The van der Waals surface area contributed by atoms with Crippen molar-refractivity contribution in [1.29, 1.82) is 0 Å². The molecule has 0 bridgehead atoms. The fraction of sp³-hybridized carbons (Fsp3) is 0.250. The van der Waals surface area contributed by atoms with Crippen molar-refractivity contribution in [1.82, 2.24) is 9.78 Å². The van der Waals surface area contributed by atoms with E-state index in [9.17, 15) is 0 Å². The normalized spacial score (nSPS) is 10.8. The Labute approximate surface area is 110 Å². The Hall–Kier alpha value is -1.03. The van der Waals surface area contributed by atoms with Gasteiger partial charge in [-0.2, -0.15) is 5.10 Å². The summed E-state index contributed by atoms with van der Waals surface area (Å²) in [6, 6.07) is 5.50. The van der Waals surface area contributed by atoms with Crippen LogP contribution >= 0.6 is 23.2 Å². The Morgan fingerprint density at radius 3 is 2.76 bits per heavy atom. The van der Waals surface area contributed by atoms with E-state index in [0.29, 0.717) is 16.6 Å². The molecule has 0 atom stereocenters. The monoisotopic (exact) mass is 269 g/mol. The number of rotatable bonds is 3. The summed E-state index contributed by atoms with van der Waals surface area (Å²) in [5, 5.41) is 5.36. The van der Waals surface area contributed by atoms with Crippen molar-refractivity contribution in [3.05, 3.63) is 45.7 Å². The van der Waals surface area contributed by atoms with E-state index in [1.54, 1.807) is 16.9 Å². The molecule has 1 heterocycles. The summed E-state index contributed by atoms with van der Waals surface area (Å²) in [4.78, 5) is 0. The fourth-order valence-corrected chi connectivity index (χ4v) is 2.19. The van der Waals surface area contributed by atoms with Gasteiger partial charge < -0.3 is 5.73 Å². The number of hydrogen-bond acceptors (Lipinski definition) is 2. The van der Waals surface area contributed by atoms with Crippen LogP contribution in [0, 0.1) is 0 Å². The predicted octanol–water partition coefficient (Wildman–Crippen LogP) is 3.20. The van der Waals surface area contributed by atoms with Crippen molar-refractivity contribution < 1.29 is 0 Å². The first-order chi connectivity index (χ1) is 8.19. The summed E-state index contributed by atoms with van der Waals surface area (Å²) in [5.74, 6) is 0. The third kappa shape index (κ3) is 2.18. The third-order valence-electron chi connectivity index (χ3n) is 2.67. The standard InChI is InChI=1S/C12H13Cl2N3/c1-2-10-8(6-15)7-16-17(10)11-5-3-4-9(13)12(11)14/h3-5,7H,2,6,15H2,1H3. The smallest absolute Gasteiger partial charge is 0.0850 e. The number of aromatic nitrogens is 2. The first-order valence-corrected chi connectivity index (χ1v) is 6.14. The van der Waals surface area contributed by atoms with Crippen LogP contribution < -0.4 is 5.73 Å². The van der Waals surface area contributed by atoms with Crippen molar-refractivity contribution in [2.45, 2.75) is 19.9 Å². The van der Waals surface area contributed by atoms with Crippen LogP contribution in [0.5, 0.6) is 0 Å². The van der Waals surface area contributed by atoms with Gasteiger partial charge in [-0.05, 0) is 18.6 Å². The van der Waals surface area contributed by atoms with Crippen molar-refractivity contribution in [3.63, 3.8) is 0 Å². The third-order valence-corrected chi connectivity index (χ3v) is 3.48. The zero-order valence-electron chi connectivity index (χ0n) is 9.45. The van der Waals surface area contributed by atoms with Crippen LogP contribution in [0.25, 0.3) is 5.69 Å². The lowest BCUT2D eigenvalue weighted by molar-refractivity contribution is 0.807. The van der Waals surface area contributed by atoms with E-state index in [1.165, 1.54) is 0 Å². The maximum absolute atomic E-state index is 6.19. The second kappa shape index (κ2) is 5.08. The second-order valence-corrected chi connectivity index (χ2v) is 4.44. The molecule has 1 aromatic heterocycles. The molecular formula is C12H13Cl2N3. The highest BCUT2D eigenvalue weighted by atomic mass is 35.5. The zero-order chi connectivity index (χ0) is 12.4. The molecule has 0 unspecified atom stereocenters. The molecule has 0 radical (unpaired) electrons. The molecular weight excluding hydrogens is 257 g/mol. The molecule has 5 heteroatoms. The first kappa shape index (κ1) is 12.4. The van der Waals surface area contributed by atoms with Crippen molar-refractivity contribution >= 4 is 23.2 Å². The highest BCUT2D eigenvalue weighted by molar-refractivity contribution is 6.43. The highest BCUT2D eigenvalue weighted by Gasteiger charge is 2.13. The van der Waals surface area contributed by atoms with Crippen LogP contribution in [0.2, 0.25) is 10.0 Å². The molecule has 2 rings (SSSR count). The molecule has 0 amide bonds. The molecule has 2 aromatic rings. The molecule has 0 spiro atoms. The molecule has 0 saturated heterocycles.